The van der Waals surface area contributed by atoms with E-state index >= 15 is 0 Å². The molecule has 0 atom stereocenters. The maximum atomic E-state index is 13.6. The van der Waals surface area contributed by atoms with E-state index in [2.05, 4.69) is 19.2 Å². The van der Waals surface area contributed by atoms with Crippen LogP contribution in [0.3, 0.4) is 0 Å². The van der Waals surface area contributed by atoms with E-state index in [4.69, 9.17) is 0 Å². The summed E-state index contributed by atoms with van der Waals surface area (Å²) in [5.41, 5.74) is 0.0809. The molecule has 0 amide bonds. The quantitative estimate of drug-likeness (QED) is 0.812. The number of rotatable bonds is 6. The number of benzene rings is 1. The van der Waals surface area contributed by atoms with E-state index in [0.717, 1.165) is 13.0 Å². The van der Waals surface area contributed by atoms with Crippen molar-refractivity contribution in [2.24, 2.45) is 5.41 Å². The van der Waals surface area contributed by atoms with Crippen molar-refractivity contribution in [2.45, 2.75) is 46.6 Å². The Morgan fingerprint density at radius 2 is 1.72 bits per heavy atom. The summed E-state index contributed by atoms with van der Waals surface area (Å²) >= 11 is 0. The molecule has 0 heterocycles. The molecule has 0 aliphatic rings. The summed E-state index contributed by atoms with van der Waals surface area (Å²) in [6, 6.07) is 4.48. The van der Waals surface area contributed by atoms with Crippen LogP contribution in [-0.4, -0.2) is 12.6 Å². The summed E-state index contributed by atoms with van der Waals surface area (Å²) in [5, 5.41) is 3.33. The fourth-order valence-electron chi connectivity index (χ4n) is 1.97. The van der Waals surface area contributed by atoms with E-state index in [1.165, 1.54) is 18.2 Å². The first kappa shape index (κ1) is 15.1. The standard InChI is InChI=1S/C15H23F2N/c1-11(2)18-9-8-15(3,4)10-12-13(16)6-5-7-14(12)17/h5-7,11,18H,8-10H2,1-4H3. The van der Waals surface area contributed by atoms with Gasteiger partial charge in [0.2, 0.25) is 0 Å². The van der Waals surface area contributed by atoms with Gasteiger partial charge in [0.15, 0.2) is 0 Å². The van der Waals surface area contributed by atoms with Crippen molar-refractivity contribution >= 4 is 0 Å². The van der Waals surface area contributed by atoms with Crippen molar-refractivity contribution in [3.63, 3.8) is 0 Å². The molecule has 1 aromatic rings. The molecule has 0 radical (unpaired) electrons. The van der Waals surface area contributed by atoms with Gasteiger partial charge in [0.05, 0.1) is 0 Å². The molecule has 0 spiro atoms. The Balaban J connectivity index is 2.64. The topological polar surface area (TPSA) is 12.0 Å². The maximum Gasteiger partial charge on any atom is 0.129 e. The van der Waals surface area contributed by atoms with Gasteiger partial charge in [-0.25, -0.2) is 8.78 Å². The van der Waals surface area contributed by atoms with Gasteiger partial charge in [0, 0.05) is 11.6 Å². The molecule has 0 saturated carbocycles. The Labute approximate surface area is 109 Å². The molecule has 1 rings (SSSR count). The maximum absolute atomic E-state index is 13.6. The van der Waals surface area contributed by atoms with Gasteiger partial charge in [-0.15, -0.1) is 0 Å². The molecule has 1 nitrogen and oxygen atoms in total. The predicted octanol–water partition coefficient (Wildman–Crippen LogP) is 3.92. The minimum atomic E-state index is -0.445. The third-order valence-corrected chi connectivity index (χ3v) is 3.07. The minimum absolute atomic E-state index is 0.120. The molecule has 0 saturated heterocycles. The Morgan fingerprint density at radius 1 is 1.17 bits per heavy atom. The lowest BCUT2D eigenvalue weighted by Gasteiger charge is -2.26. The van der Waals surface area contributed by atoms with Gasteiger partial charge in [-0.2, -0.15) is 0 Å². The van der Waals surface area contributed by atoms with Crippen molar-refractivity contribution in [3.05, 3.63) is 35.4 Å². The summed E-state index contributed by atoms with van der Waals surface area (Å²) in [6.45, 7) is 9.12. The van der Waals surface area contributed by atoms with Crippen molar-refractivity contribution in [3.8, 4) is 0 Å². The summed E-state index contributed by atoms with van der Waals surface area (Å²) in [4.78, 5) is 0. The Bertz CT molecular complexity index is 366. The highest BCUT2D eigenvalue weighted by molar-refractivity contribution is 5.20. The van der Waals surface area contributed by atoms with Crippen LogP contribution in [0.1, 0.15) is 39.7 Å². The summed E-state index contributed by atoms with van der Waals surface area (Å²) < 4.78 is 27.2. The van der Waals surface area contributed by atoms with Crippen LogP contribution in [0.25, 0.3) is 0 Å². The lowest BCUT2D eigenvalue weighted by Crippen LogP contribution is -2.29. The molecule has 0 aliphatic carbocycles. The molecule has 0 fully saturated rings. The molecule has 0 bridgehead atoms. The lowest BCUT2D eigenvalue weighted by molar-refractivity contribution is 0.311. The van der Waals surface area contributed by atoms with Crippen LogP contribution in [0.2, 0.25) is 0 Å². The molecule has 0 aliphatic heterocycles. The molecule has 3 heteroatoms. The zero-order chi connectivity index (χ0) is 13.8. The van der Waals surface area contributed by atoms with Gasteiger partial charge in [-0.05, 0) is 36.9 Å². The van der Waals surface area contributed by atoms with Crippen LogP contribution in [0.15, 0.2) is 18.2 Å². The molecular weight excluding hydrogens is 232 g/mol. The molecule has 1 aromatic carbocycles. The Hall–Kier alpha value is -0.960. The highest BCUT2D eigenvalue weighted by Gasteiger charge is 2.22. The van der Waals surface area contributed by atoms with Gasteiger partial charge in [-0.3, -0.25) is 0 Å². The fourth-order valence-corrected chi connectivity index (χ4v) is 1.97. The van der Waals surface area contributed by atoms with Crippen LogP contribution < -0.4 is 5.32 Å². The first-order chi connectivity index (χ1) is 8.32. The normalized spacial score (nSPS) is 12.2. The second kappa shape index (κ2) is 6.28. The van der Waals surface area contributed by atoms with E-state index in [9.17, 15) is 8.78 Å². The number of hydrogen-bond acceptors (Lipinski definition) is 1. The summed E-state index contributed by atoms with van der Waals surface area (Å²) in [7, 11) is 0. The van der Waals surface area contributed by atoms with Crippen LogP contribution >= 0.6 is 0 Å². The summed E-state index contributed by atoms with van der Waals surface area (Å²) in [6.07, 6.45) is 1.31. The second-order valence-electron chi connectivity index (χ2n) is 5.90. The van der Waals surface area contributed by atoms with E-state index in [1.54, 1.807) is 0 Å². The monoisotopic (exact) mass is 255 g/mol. The number of nitrogens with one attached hydrogen (secondary N) is 1. The van der Waals surface area contributed by atoms with Crippen molar-refractivity contribution in [1.29, 1.82) is 0 Å². The molecule has 0 aromatic heterocycles. The first-order valence-electron chi connectivity index (χ1n) is 6.48. The highest BCUT2D eigenvalue weighted by Crippen LogP contribution is 2.28. The van der Waals surface area contributed by atoms with E-state index in [0.29, 0.717) is 12.5 Å². The number of hydrogen-bond donors (Lipinski definition) is 1. The SMILES string of the molecule is CC(C)NCCC(C)(C)Cc1c(F)cccc1F. The molecule has 0 unspecified atom stereocenters. The molecule has 1 N–H and O–H groups in total. The van der Waals surface area contributed by atoms with Gasteiger partial charge < -0.3 is 5.32 Å². The molecule has 18 heavy (non-hydrogen) atoms. The van der Waals surface area contributed by atoms with Gasteiger partial charge in [0.25, 0.3) is 0 Å². The van der Waals surface area contributed by atoms with Crippen LogP contribution in [-0.2, 0) is 6.42 Å². The van der Waals surface area contributed by atoms with Crippen LogP contribution in [0.5, 0.6) is 0 Å². The Kier molecular flexibility index (Phi) is 5.27. The zero-order valence-electron chi connectivity index (χ0n) is 11.7. The smallest absolute Gasteiger partial charge is 0.129 e. The average molecular weight is 255 g/mol. The van der Waals surface area contributed by atoms with Crippen molar-refractivity contribution in [1.82, 2.24) is 5.32 Å². The van der Waals surface area contributed by atoms with E-state index in [1.807, 2.05) is 13.8 Å². The average Bonchev–Trinajstić information content (AvgIpc) is 2.23. The van der Waals surface area contributed by atoms with Gasteiger partial charge in [0.1, 0.15) is 11.6 Å². The zero-order valence-corrected chi connectivity index (χ0v) is 11.7. The van der Waals surface area contributed by atoms with E-state index in [-0.39, 0.29) is 11.0 Å². The van der Waals surface area contributed by atoms with Gasteiger partial charge in [-0.1, -0.05) is 33.8 Å². The molecule has 102 valence electrons. The largest absolute Gasteiger partial charge is 0.315 e. The first-order valence-corrected chi connectivity index (χ1v) is 6.48. The number of halogens is 2. The highest BCUT2D eigenvalue weighted by atomic mass is 19.1. The molecular formula is C15H23F2N. The lowest BCUT2D eigenvalue weighted by atomic mass is 9.82. The van der Waals surface area contributed by atoms with Crippen molar-refractivity contribution in [2.75, 3.05) is 6.54 Å². The summed E-state index contributed by atoms with van der Waals surface area (Å²) in [5.74, 6) is -0.889. The van der Waals surface area contributed by atoms with Crippen molar-refractivity contribution < 1.29 is 8.78 Å². The van der Waals surface area contributed by atoms with Crippen LogP contribution in [0, 0.1) is 17.0 Å². The second-order valence-corrected chi connectivity index (χ2v) is 5.90. The minimum Gasteiger partial charge on any atom is -0.315 e. The fraction of sp³-hybridized carbons (Fsp3) is 0.600. The van der Waals surface area contributed by atoms with Gasteiger partial charge >= 0.3 is 0 Å². The third-order valence-electron chi connectivity index (χ3n) is 3.07. The Morgan fingerprint density at radius 3 is 2.22 bits per heavy atom. The van der Waals surface area contributed by atoms with Crippen LogP contribution in [0.4, 0.5) is 8.78 Å². The third kappa shape index (κ3) is 4.73. The van der Waals surface area contributed by atoms with E-state index < -0.39 is 11.6 Å². The predicted molar refractivity (Wildman–Crippen MR) is 71.6 cm³/mol.